The number of nitrogens with zero attached hydrogens (tertiary/aromatic N) is 3. The van der Waals surface area contributed by atoms with Crippen LogP contribution in [-0.2, 0) is 6.54 Å². The van der Waals surface area contributed by atoms with Crippen LogP contribution in [0.5, 0.6) is 5.75 Å². The number of aromatic nitrogens is 3. The first kappa shape index (κ1) is 24.4. The molecule has 1 amide bonds. The van der Waals surface area contributed by atoms with Crippen molar-refractivity contribution in [2.45, 2.75) is 11.7 Å². The van der Waals surface area contributed by atoms with Crippen LogP contribution in [0.3, 0.4) is 0 Å². The minimum atomic E-state index is -0.725. The van der Waals surface area contributed by atoms with Gasteiger partial charge in [0, 0.05) is 5.56 Å². The molecule has 35 heavy (non-hydrogen) atoms. The zero-order valence-corrected chi connectivity index (χ0v) is 20.1. The molecule has 7 nitrogen and oxygen atoms in total. The Bertz CT molecular complexity index is 1340. The van der Waals surface area contributed by atoms with E-state index < -0.39 is 11.7 Å². The highest BCUT2D eigenvalue weighted by Gasteiger charge is 2.21. The number of Topliss-reactive ketones (excluding diaryl/α,β-unsaturated/α-hetero) is 1. The third kappa shape index (κ3) is 5.52. The van der Waals surface area contributed by atoms with Gasteiger partial charge in [0.2, 0.25) is 0 Å². The highest BCUT2D eigenvalue weighted by atomic mass is 35.5. The van der Waals surface area contributed by atoms with Crippen molar-refractivity contribution in [3.8, 4) is 11.4 Å². The molecule has 3 aromatic carbocycles. The van der Waals surface area contributed by atoms with E-state index in [-0.39, 0.29) is 28.7 Å². The van der Waals surface area contributed by atoms with E-state index in [1.807, 2.05) is 24.3 Å². The summed E-state index contributed by atoms with van der Waals surface area (Å²) < 4.78 is 21.4. The zero-order valence-electron chi connectivity index (χ0n) is 18.6. The number of hydrogen-bond acceptors (Lipinski definition) is 6. The van der Waals surface area contributed by atoms with Crippen LogP contribution in [0.25, 0.3) is 5.69 Å². The first-order chi connectivity index (χ1) is 17.0. The van der Waals surface area contributed by atoms with Gasteiger partial charge in [-0.2, -0.15) is 0 Å². The molecule has 4 aromatic rings. The van der Waals surface area contributed by atoms with Gasteiger partial charge in [-0.05, 0) is 24.3 Å². The molecule has 178 valence electrons. The first-order valence-electron chi connectivity index (χ1n) is 10.5. The molecule has 1 heterocycles. The Hall–Kier alpha value is -3.69. The topological polar surface area (TPSA) is 86.1 Å². The summed E-state index contributed by atoms with van der Waals surface area (Å²) in [5.41, 5.74) is 0.973. The normalized spacial score (nSPS) is 10.7. The number of carbonyl (C=O) groups is 2. The first-order valence-corrected chi connectivity index (χ1v) is 11.9. The number of ketones is 1. The van der Waals surface area contributed by atoms with Crippen LogP contribution in [0.15, 0.2) is 78.0 Å². The van der Waals surface area contributed by atoms with Gasteiger partial charge in [0.15, 0.2) is 16.8 Å². The van der Waals surface area contributed by atoms with Crippen LogP contribution in [0.1, 0.15) is 26.5 Å². The van der Waals surface area contributed by atoms with Crippen LogP contribution in [0, 0.1) is 5.82 Å². The second kappa shape index (κ2) is 11.2. The van der Waals surface area contributed by atoms with Gasteiger partial charge in [-0.25, -0.2) is 4.39 Å². The summed E-state index contributed by atoms with van der Waals surface area (Å²) in [5.74, 6) is -0.422. The molecule has 0 bridgehead atoms. The van der Waals surface area contributed by atoms with Gasteiger partial charge >= 0.3 is 0 Å². The molecular formula is C25H20ClFN4O3S. The van der Waals surface area contributed by atoms with E-state index in [1.165, 1.54) is 31.0 Å². The van der Waals surface area contributed by atoms with Crippen LogP contribution < -0.4 is 10.1 Å². The minimum absolute atomic E-state index is 0.00404. The van der Waals surface area contributed by atoms with Crippen molar-refractivity contribution in [2.75, 3.05) is 12.9 Å². The van der Waals surface area contributed by atoms with Crippen molar-refractivity contribution in [2.24, 2.45) is 0 Å². The van der Waals surface area contributed by atoms with E-state index in [4.69, 9.17) is 16.3 Å². The maximum Gasteiger partial charge on any atom is 0.256 e. The fourth-order valence-electron chi connectivity index (χ4n) is 3.36. The van der Waals surface area contributed by atoms with E-state index in [0.29, 0.717) is 28.0 Å². The number of nitrogens with one attached hydrogen (secondary N) is 1. The maximum absolute atomic E-state index is 14.2. The van der Waals surface area contributed by atoms with E-state index in [2.05, 4.69) is 15.5 Å². The molecule has 0 spiro atoms. The van der Waals surface area contributed by atoms with Gasteiger partial charge in [-0.3, -0.25) is 14.2 Å². The van der Waals surface area contributed by atoms with Gasteiger partial charge in [-0.15, -0.1) is 10.2 Å². The van der Waals surface area contributed by atoms with Gasteiger partial charge < -0.3 is 10.1 Å². The second-order valence-corrected chi connectivity index (χ2v) is 8.61. The number of rotatable bonds is 9. The van der Waals surface area contributed by atoms with Crippen molar-refractivity contribution in [1.82, 2.24) is 20.1 Å². The summed E-state index contributed by atoms with van der Waals surface area (Å²) >= 11 is 7.22. The molecule has 1 N–H and O–H groups in total. The van der Waals surface area contributed by atoms with E-state index in [9.17, 15) is 14.0 Å². The van der Waals surface area contributed by atoms with Crippen LogP contribution >= 0.6 is 23.4 Å². The minimum Gasteiger partial charge on any atom is -0.495 e. The van der Waals surface area contributed by atoms with E-state index in [1.54, 1.807) is 34.9 Å². The highest BCUT2D eigenvalue weighted by Crippen LogP contribution is 2.29. The molecule has 4 rings (SSSR count). The van der Waals surface area contributed by atoms with Gasteiger partial charge in [0.1, 0.15) is 11.6 Å². The lowest BCUT2D eigenvalue weighted by atomic mass is 10.2. The fraction of sp³-hybridized carbons (Fsp3) is 0.120. The number of carbonyl (C=O) groups excluding carboxylic acids is 2. The molecular weight excluding hydrogens is 491 g/mol. The Morgan fingerprint density at radius 2 is 1.77 bits per heavy atom. The number of thioether (sulfide) groups is 1. The number of methoxy groups -OCH3 is 1. The second-order valence-electron chi connectivity index (χ2n) is 7.26. The Balaban J connectivity index is 1.61. The monoisotopic (exact) mass is 510 g/mol. The Morgan fingerprint density at radius 1 is 1.03 bits per heavy atom. The molecule has 0 fully saturated rings. The van der Waals surface area contributed by atoms with Gasteiger partial charge in [0.05, 0.1) is 35.7 Å². The molecule has 0 saturated heterocycles. The number of amides is 1. The average molecular weight is 511 g/mol. The summed E-state index contributed by atoms with van der Waals surface area (Å²) in [7, 11) is 1.54. The SMILES string of the molecule is COc1ccccc1-n1c(CNC(=O)c2c(F)cccc2Cl)nnc1SCC(=O)c1ccccc1. The van der Waals surface area contributed by atoms with Gasteiger partial charge in [-0.1, -0.05) is 71.9 Å². The summed E-state index contributed by atoms with van der Waals surface area (Å²) in [6, 6.07) is 20.2. The van der Waals surface area contributed by atoms with Crippen molar-refractivity contribution < 1.29 is 18.7 Å². The molecule has 1 aromatic heterocycles. The highest BCUT2D eigenvalue weighted by molar-refractivity contribution is 7.99. The lowest BCUT2D eigenvalue weighted by Crippen LogP contribution is -2.26. The Morgan fingerprint density at radius 3 is 2.51 bits per heavy atom. The standard InChI is InChI=1S/C25H20ClFN4O3S/c1-34-21-13-6-5-12-19(21)31-22(14-28-24(33)23-17(26)10-7-11-18(23)27)29-30-25(31)35-15-20(32)16-8-3-2-4-9-16/h2-13H,14-15H2,1H3,(H,28,33). The van der Waals surface area contributed by atoms with E-state index in [0.717, 1.165) is 6.07 Å². The van der Waals surface area contributed by atoms with Crippen molar-refractivity contribution in [1.29, 1.82) is 0 Å². The number of para-hydroxylation sites is 2. The Kier molecular flexibility index (Phi) is 7.79. The van der Waals surface area contributed by atoms with E-state index >= 15 is 0 Å². The van der Waals surface area contributed by atoms with Crippen LogP contribution in [0.2, 0.25) is 5.02 Å². The lowest BCUT2D eigenvalue weighted by molar-refractivity contribution is 0.0945. The summed E-state index contributed by atoms with van der Waals surface area (Å²) in [5, 5.41) is 11.5. The number of hydrogen-bond donors (Lipinski definition) is 1. The number of halogens is 2. The molecule has 0 unspecified atom stereocenters. The maximum atomic E-state index is 14.2. The van der Waals surface area contributed by atoms with Crippen LogP contribution in [-0.4, -0.2) is 39.3 Å². The molecule has 10 heteroatoms. The number of benzene rings is 3. The summed E-state index contributed by atoms with van der Waals surface area (Å²) in [6.45, 7) is -0.0677. The zero-order chi connectivity index (χ0) is 24.8. The van der Waals surface area contributed by atoms with Crippen molar-refractivity contribution in [3.63, 3.8) is 0 Å². The molecule has 0 radical (unpaired) electrons. The predicted octanol–water partition coefficient (Wildman–Crippen LogP) is 4.97. The number of ether oxygens (including phenoxy) is 1. The molecule has 0 aliphatic heterocycles. The molecule has 0 saturated carbocycles. The average Bonchev–Trinajstić information content (AvgIpc) is 3.28. The molecule has 0 atom stereocenters. The Labute approximate surface area is 210 Å². The smallest absolute Gasteiger partial charge is 0.256 e. The van der Waals surface area contributed by atoms with Crippen molar-refractivity contribution in [3.05, 3.63) is 101 Å². The third-order valence-electron chi connectivity index (χ3n) is 5.05. The largest absolute Gasteiger partial charge is 0.495 e. The molecule has 0 aliphatic carbocycles. The van der Waals surface area contributed by atoms with Crippen LogP contribution in [0.4, 0.5) is 4.39 Å². The summed E-state index contributed by atoms with van der Waals surface area (Å²) in [4.78, 5) is 25.3. The predicted molar refractivity (Wildman–Crippen MR) is 132 cm³/mol. The fourth-order valence-corrected chi connectivity index (χ4v) is 4.47. The summed E-state index contributed by atoms with van der Waals surface area (Å²) in [6.07, 6.45) is 0. The van der Waals surface area contributed by atoms with Gasteiger partial charge in [0.25, 0.3) is 5.91 Å². The third-order valence-corrected chi connectivity index (χ3v) is 6.30. The lowest BCUT2D eigenvalue weighted by Gasteiger charge is -2.14. The molecule has 0 aliphatic rings. The quantitative estimate of drug-likeness (QED) is 0.253. The van der Waals surface area contributed by atoms with Crippen molar-refractivity contribution >= 4 is 35.1 Å².